The maximum absolute atomic E-state index is 12.2. The summed E-state index contributed by atoms with van der Waals surface area (Å²) in [6.07, 6.45) is 10.3. The SMILES string of the molecule is C/C(=C\C=C\[C@@H](C)CO)[C@H]1OC(=O)C[C@@H](O)CC[C@@](C)(O)[CH]/C=C/[C@@H]1C. The van der Waals surface area contributed by atoms with Crippen molar-refractivity contribution < 1.29 is 24.9 Å². The number of esters is 1. The zero-order chi connectivity index (χ0) is 19.7. The van der Waals surface area contributed by atoms with E-state index in [1.165, 1.54) is 0 Å². The van der Waals surface area contributed by atoms with Crippen LogP contribution in [-0.4, -0.2) is 45.7 Å². The molecule has 0 aromatic carbocycles. The van der Waals surface area contributed by atoms with Crippen LogP contribution in [0.1, 0.15) is 47.0 Å². The summed E-state index contributed by atoms with van der Waals surface area (Å²) in [4.78, 5) is 12.2. The predicted octanol–water partition coefficient (Wildman–Crippen LogP) is 2.72. The van der Waals surface area contributed by atoms with Crippen LogP contribution >= 0.6 is 0 Å². The fraction of sp³-hybridized carbons (Fsp3) is 0.619. The first-order valence-corrected chi connectivity index (χ1v) is 9.23. The van der Waals surface area contributed by atoms with Crippen LogP contribution in [0.3, 0.4) is 0 Å². The Hall–Kier alpha value is -1.43. The molecule has 5 atom stereocenters. The van der Waals surface area contributed by atoms with E-state index in [0.29, 0.717) is 12.8 Å². The molecule has 1 radical (unpaired) electrons. The molecular formula is C21H33O5. The van der Waals surface area contributed by atoms with Gasteiger partial charge in [-0.25, -0.2) is 0 Å². The quantitative estimate of drug-likeness (QED) is 0.527. The first kappa shape index (κ1) is 22.6. The van der Waals surface area contributed by atoms with Crippen molar-refractivity contribution in [1.29, 1.82) is 0 Å². The Labute approximate surface area is 157 Å². The lowest BCUT2D eigenvalue weighted by molar-refractivity contribution is -0.151. The first-order valence-electron chi connectivity index (χ1n) is 9.23. The Morgan fingerprint density at radius 3 is 2.85 bits per heavy atom. The topological polar surface area (TPSA) is 87.0 Å². The van der Waals surface area contributed by atoms with Gasteiger partial charge in [-0.05, 0) is 38.2 Å². The number of cyclic esters (lactones) is 1. The van der Waals surface area contributed by atoms with Crippen molar-refractivity contribution in [3.63, 3.8) is 0 Å². The molecule has 1 aliphatic rings. The second-order valence-corrected chi connectivity index (χ2v) is 7.53. The molecule has 1 heterocycles. The summed E-state index contributed by atoms with van der Waals surface area (Å²) < 4.78 is 5.63. The number of aliphatic hydroxyl groups is 3. The molecule has 0 amide bonds. The van der Waals surface area contributed by atoms with E-state index in [4.69, 9.17) is 9.84 Å². The van der Waals surface area contributed by atoms with E-state index in [0.717, 1.165) is 5.57 Å². The molecule has 5 nitrogen and oxygen atoms in total. The largest absolute Gasteiger partial charge is 0.457 e. The molecule has 0 aliphatic carbocycles. The summed E-state index contributed by atoms with van der Waals surface area (Å²) in [5, 5.41) is 29.4. The van der Waals surface area contributed by atoms with Crippen molar-refractivity contribution in [1.82, 2.24) is 0 Å². The van der Waals surface area contributed by atoms with Gasteiger partial charge in [-0.2, -0.15) is 0 Å². The molecule has 1 aliphatic heterocycles. The van der Waals surface area contributed by atoms with Gasteiger partial charge in [0.05, 0.1) is 18.1 Å². The summed E-state index contributed by atoms with van der Waals surface area (Å²) >= 11 is 0. The van der Waals surface area contributed by atoms with E-state index in [2.05, 4.69) is 0 Å². The average molecular weight is 365 g/mol. The highest BCUT2D eigenvalue weighted by Gasteiger charge is 2.26. The number of aliphatic hydroxyl groups excluding tert-OH is 2. The first-order chi connectivity index (χ1) is 12.1. The zero-order valence-electron chi connectivity index (χ0n) is 16.3. The maximum Gasteiger partial charge on any atom is 0.309 e. The predicted molar refractivity (Wildman–Crippen MR) is 102 cm³/mol. The molecule has 0 saturated heterocycles. The minimum absolute atomic E-state index is 0.0576. The molecule has 0 aromatic rings. The molecule has 0 unspecified atom stereocenters. The van der Waals surface area contributed by atoms with Crippen LogP contribution in [0.15, 0.2) is 36.0 Å². The minimum Gasteiger partial charge on any atom is -0.457 e. The van der Waals surface area contributed by atoms with Crippen LogP contribution in [0.4, 0.5) is 0 Å². The highest BCUT2D eigenvalue weighted by atomic mass is 16.5. The molecular weight excluding hydrogens is 332 g/mol. The second-order valence-electron chi connectivity index (χ2n) is 7.53. The lowest BCUT2D eigenvalue weighted by Gasteiger charge is -2.27. The normalized spacial score (nSPS) is 34.7. The van der Waals surface area contributed by atoms with Gasteiger partial charge < -0.3 is 20.1 Å². The number of hydrogen-bond acceptors (Lipinski definition) is 5. The van der Waals surface area contributed by atoms with Crippen molar-refractivity contribution in [3.05, 3.63) is 42.4 Å². The summed E-state index contributed by atoms with van der Waals surface area (Å²) in [5.74, 6) is -0.489. The van der Waals surface area contributed by atoms with Crippen LogP contribution in [0.25, 0.3) is 0 Å². The van der Waals surface area contributed by atoms with Crippen molar-refractivity contribution in [2.45, 2.75) is 64.8 Å². The van der Waals surface area contributed by atoms with Crippen LogP contribution in [0, 0.1) is 18.3 Å². The number of carbonyl (C=O) groups excluding carboxylic acids is 1. The van der Waals surface area contributed by atoms with Crippen molar-refractivity contribution in [2.24, 2.45) is 11.8 Å². The number of ether oxygens (including phenoxy) is 1. The molecule has 1 rings (SSSR count). The molecule has 0 spiro atoms. The average Bonchev–Trinajstić information content (AvgIpc) is 2.56. The number of rotatable bonds is 4. The van der Waals surface area contributed by atoms with Gasteiger partial charge in [0.25, 0.3) is 0 Å². The number of hydrogen-bond donors (Lipinski definition) is 3. The highest BCUT2D eigenvalue weighted by Crippen LogP contribution is 2.24. The smallest absolute Gasteiger partial charge is 0.309 e. The Bertz CT molecular complexity index is 533. The van der Waals surface area contributed by atoms with E-state index >= 15 is 0 Å². The summed E-state index contributed by atoms with van der Waals surface area (Å²) in [6.45, 7) is 7.50. The molecule has 0 fully saturated rings. The second kappa shape index (κ2) is 10.7. The zero-order valence-corrected chi connectivity index (χ0v) is 16.3. The fourth-order valence-corrected chi connectivity index (χ4v) is 2.73. The lowest BCUT2D eigenvalue weighted by Crippen LogP contribution is -2.30. The Balaban J connectivity index is 3.00. The van der Waals surface area contributed by atoms with Gasteiger partial charge in [0.1, 0.15) is 6.10 Å². The Morgan fingerprint density at radius 1 is 1.50 bits per heavy atom. The summed E-state index contributed by atoms with van der Waals surface area (Å²) in [7, 11) is 0. The fourth-order valence-electron chi connectivity index (χ4n) is 2.73. The molecule has 26 heavy (non-hydrogen) atoms. The maximum atomic E-state index is 12.2. The van der Waals surface area contributed by atoms with Gasteiger partial charge in [-0.15, -0.1) is 0 Å². The van der Waals surface area contributed by atoms with Crippen molar-refractivity contribution in [3.8, 4) is 0 Å². The third kappa shape index (κ3) is 8.30. The van der Waals surface area contributed by atoms with Gasteiger partial charge in [0.15, 0.2) is 0 Å². The van der Waals surface area contributed by atoms with Crippen molar-refractivity contribution >= 4 is 5.97 Å². The van der Waals surface area contributed by atoms with E-state index in [1.54, 1.807) is 19.4 Å². The lowest BCUT2D eigenvalue weighted by atomic mass is 9.91. The number of allylic oxidation sites excluding steroid dienone is 2. The molecule has 5 heteroatoms. The van der Waals surface area contributed by atoms with E-state index < -0.39 is 23.8 Å². The monoisotopic (exact) mass is 365 g/mol. The third-order valence-corrected chi connectivity index (χ3v) is 4.53. The van der Waals surface area contributed by atoms with Crippen LogP contribution < -0.4 is 0 Å². The molecule has 3 N–H and O–H groups in total. The molecule has 0 aromatic heterocycles. The summed E-state index contributed by atoms with van der Waals surface area (Å²) in [6, 6.07) is 0. The number of carbonyl (C=O) groups is 1. The standard InChI is InChI=1S/C21H33O5/c1-15(14-22)7-5-8-16(2)20-17(3)9-6-11-21(4,25)12-10-18(23)13-19(24)26-20/h5-9,11,15,17-18,20,22-23,25H,10,12-14H2,1-4H3/b7-5+,9-6+,16-8+/t15-,17+,18+,20-,21+/m1/s1. The van der Waals surface area contributed by atoms with E-state index in [-0.39, 0.29) is 24.9 Å². The Morgan fingerprint density at radius 2 is 2.19 bits per heavy atom. The highest BCUT2D eigenvalue weighted by molar-refractivity contribution is 5.70. The van der Waals surface area contributed by atoms with E-state index in [9.17, 15) is 15.0 Å². The van der Waals surface area contributed by atoms with Gasteiger partial charge in [0.2, 0.25) is 0 Å². The van der Waals surface area contributed by atoms with E-state index in [1.807, 2.05) is 45.1 Å². The van der Waals surface area contributed by atoms with Gasteiger partial charge in [0, 0.05) is 18.9 Å². The van der Waals surface area contributed by atoms with Crippen LogP contribution in [0.2, 0.25) is 0 Å². The van der Waals surface area contributed by atoms with Gasteiger partial charge in [-0.3, -0.25) is 4.79 Å². The third-order valence-electron chi connectivity index (χ3n) is 4.53. The van der Waals surface area contributed by atoms with Crippen molar-refractivity contribution in [2.75, 3.05) is 6.61 Å². The molecule has 0 bridgehead atoms. The Kier molecular flexibility index (Phi) is 9.27. The molecule has 0 saturated carbocycles. The summed E-state index contributed by atoms with van der Waals surface area (Å²) in [5.41, 5.74) is -0.153. The van der Waals surface area contributed by atoms with Gasteiger partial charge in [-0.1, -0.05) is 44.2 Å². The molecule has 147 valence electrons. The minimum atomic E-state index is -1.02. The van der Waals surface area contributed by atoms with Gasteiger partial charge >= 0.3 is 5.97 Å². The van der Waals surface area contributed by atoms with Crippen LogP contribution in [-0.2, 0) is 9.53 Å². The van der Waals surface area contributed by atoms with Crippen LogP contribution in [0.5, 0.6) is 0 Å².